The van der Waals surface area contributed by atoms with Crippen molar-refractivity contribution in [2.45, 2.75) is 46.1 Å². The van der Waals surface area contributed by atoms with Crippen molar-refractivity contribution in [1.29, 1.82) is 0 Å². The molecule has 29 heavy (non-hydrogen) atoms. The van der Waals surface area contributed by atoms with Crippen molar-refractivity contribution in [3.05, 3.63) is 53.7 Å². The molecule has 4 nitrogen and oxygen atoms in total. The zero-order chi connectivity index (χ0) is 21.2. The number of nitrogens with zero attached hydrogens (tertiary/aromatic N) is 1. The molecule has 0 radical (unpaired) electrons. The first-order valence-electron chi connectivity index (χ1n) is 10.1. The van der Waals surface area contributed by atoms with E-state index in [0.717, 1.165) is 51.9 Å². The van der Waals surface area contributed by atoms with Crippen LogP contribution in [0.3, 0.4) is 0 Å². The molecule has 0 bridgehead atoms. The van der Waals surface area contributed by atoms with Gasteiger partial charge in [0.1, 0.15) is 0 Å². The third-order valence-corrected chi connectivity index (χ3v) is 4.93. The number of para-hydroxylation sites is 1. The van der Waals surface area contributed by atoms with Gasteiger partial charge in [0.05, 0.1) is 19.7 Å². The van der Waals surface area contributed by atoms with E-state index in [2.05, 4.69) is 50.2 Å². The summed E-state index contributed by atoms with van der Waals surface area (Å²) in [5.74, 6) is 1.97. The van der Waals surface area contributed by atoms with Crippen LogP contribution >= 0.6 is 0 Å². The molecule has 0 saturated carbocycles. The van der Waals surface area contributed by atoms with Gasteiger partial charge in [0.2, 0.25) is 0 Å². The second kappa shape index (κ2) is 8.42. The maximum atomic E-state index is 6.40. The molecular formula is C25H32N2O2. The second-order valence-electron chi connectivity index (χ2n) is 8.81. The van der Waals surface area contributed by atoms with Gasteiger partial charge in [-0.05, 0) is 73.6 Å². The first kappa shape index (κ1) is 21.1. The lowest BCUT2D eigenvalue weighted by Crippen LogP contribution is -2.34. The summed E-state index contributed by atoms with van der Waals surface area (Å²) >= 11 is 0. The van der Waals surface area contributed by atoms with Crippen molar-refractivity contribution < 1.29 is 9.47 Å². The van der Waals surface area contributed by atoms with Crippen LogP contribution in [0, 0.1) is 5.92 Å². The van der Waals surface area contributed by atoms with Crippen LogP contribution in [0.2, 0.25) is 0 Å². The summed E-state index contributed by atoms with van der Waals surface area (Å²) in [6.45, 7) is 8.52. The number of hydrogen-bond acceptors (Lipinski definition) is 4. The molecule has 154 valence electrons. The highest BCUT2D eigenvalue weighted by Crippen LogP contribution is 2.39. The molecule has 0 aliphatic heterocycles. The summed E-state index contributed by atoms with van der Waals surface area (Å²) in [6.07, 6.45) is 1.65. The van der Waals surface area contributed by atoms with Gasteiger partial charge >= 0.3 is 0 Å². The molecule has 0 spiro atoms. The summed E-state index contributed by atoms with van der Waals surface area (Å²) < 4.78 is 11.2. The Bertz CT molecular complexity index is 1000. The van der Waals surface area contributed by atoms with E-state index in [1.807, 2.05) is 19.9 Å². The zero-order valence-corrected chi connectivity index (χ0v) is 18.4. The van der Waals surface area contributed by atoms with Gasteiger partial charge in [0, 0.05) is 16.6 Å². The van der Waals surface area contributed by atoms with Crippen molar-refractivity contribution in [2.75, 3.05) is 14.2 Å². The maximum Gasteiger partial charge on any atom is 0.161 e. The van der Waals surface area contributed by atoms with Crippen molar-refractivity contribution in [1.82, 2.24) is 4.98 Å². The van der Waals surface area contributed by atoms with Gasteiger partial charge in [-0.2, -0.15) is 0 Å². The number of benzene rings is 2. The lowest BCUT2D eigenvalue weighted by atomic mass is 9.88. The lowest BCUT2D eigenvalue weighted by Gasteiger charge is -2.23. The van der Waals surface area contributed by atoms with Crippen LogP contribution < -0.4 is 15.2 Å². The Morgan fingerprint density at radius 1 is 0.966 bits per heavy atom. The third kappa shape index (κ3) is 4.88. The van der Waals surface area contributed by atoms with E-state index in [-0.39, 0.29) is 5.54 Å². The molecule has 2 N–H and O–H groups in total. The molecule has 4 heteroatoms. The van der Waals surface area contributed by atoms with Gasteiger partial charge in [-0.3, -0.25) is 4.98 Å². The SMILES string of the molecule is COc1cc(CC(C)(C)N)c(-c2cc(CC(C)C)nc3ccccc23)cc1OC. The molecule has 1 heterocycles. The molecule has 3 rings (SSSR count). The number of methoxy groups -OCH3 is 2. The Morgan fingerprint density at radius 2 is 1.62 bits per heavy atom. The van der Waals surface area contributed by atoms with Crippen molar-refractivity contribution in [3.63, 3.8) is 0 Å². The van der Waals surface area contributed by atoms with Gasteiger partial charge in [-0.25, -0.2) is 0 Å². The Morgan fingerprint density at radius 3 is 2.24 bits per heavy atom. The topological polar surface area (TPSA) is 57.4 Å². The summed E-state index contributed by atoms with van der Waals surface area (Å²) in [4.78, 5) is 4.90. The lowest BCUT2D eigenvalue weighted by molar-refractivity contribution is 0.354. The van der Waals surface area contributed by atoms with Crippen LogP contribution in [0.15, 0.2) is 42.5 Å². The molecule has 0 unspecified atom stereocenters. The van der Waals surface area contributed by atoms with Gasteiger partial charge in [0.25, 0.3) is 0 Å². The van der Waals surface area contributed by atoms with Gasteiger partial charge in [-0.1, -0.05) is 32.0 Å². The molecular weight excluding hydrogens is 360 g/mol. The quantitative estimate of drug-likeness (QED) is 0.585. The van der Waals surface area contributed by atoms with E-state index in [4.69, 9.17) is 20.2 Å². The summed E-state index contributed by atoms with van der Waals surface area (Å²) in [6, 6.07) is 14.7. The minimum absolute atomic E-state index is 0.349. The molecule has 3 aromatic rings. The number of nitrogens with two attached hydrogens (primary N) is 1. The number of ether oxygens (including phenoxy) is 2. The standard InChI is InChI=1S/C25H32N2O2/c1-16(2)11-18-13-21(19-9-7-8-10-22(19)27-18)20-14-24(29-6)23(28-5)12-17(20)15-25(3,4)26/h7-10,12-14,16H,11,15,26H2,1-6H3. The van der Waals surface area contributed by atoms with Crippen LogP contribution in [0.4, 0.5) is 0 Å². The minimum Gasteiger partial charge on any atom is -0.493 e. The van der Waals surface area contributed by atoms with E-state index in [1.54, 1.807) is 14.2 Å². The van der Waals surface area contributed by atoms with E-state index in [9.17, 15) is 0 Å². The van der Waals surface area contributed by atoms with E-state index < -0.39 is 0 Å². The number of hydrogen-bond donors (Lipinski definition) is 1. The number of rotatable bonds is 7. The molecule has 0 amide bonds. The third-order valence-electron chi connectivity index (χ3n) is 4.93. The molecule has 0 aliphatic carbocycles. The van der Waals surface area contributed by atoms with Gasteiger partial charge in [0.15, 0.2) is 11.5 Å². The predicted molar refractivity (Wildman–Crippen MR) is 121 cm³/mol. The van der Waals surface area contributed by atoms with Crippen LogP contribution in [-0.4, -0.2) is 24.7 Å². The molecule has 2 aromatic carbocycles. The molecule has 0 saturated heterocycles. The summed E-state index contributed by atoms with van der Waals surface area (Å²) in [5, 5.41) is 1.13. The Kier molecular flexibility index (Phi) is 6.13. The fraction of sp³-hybridized carbons (Fsp3) is 0.400. The highest BCUT2D eigenvalue weighted by atomic mass is 16.5. The largest absolute Gasteiger partial charge is 0.493 e. The maximum absolute atomic E-state index is 6.40. The smallest absolute Gasteiger partial charge is 0.161 e. The highest BCUT2D eigenvalue weighted by Gasteiger charge is 2.20. The normalized spacial score (nSPS) is 11.9. The van der Waals surface area contributed by atoms with Gasteiger partial charge in [-0.15, -0.1) is 0 Å². The number of pyridine rings is 1. The average Bonchev–Trinajstić information content (AvgIpc) is 2.65. The van der Waals surface area contributed by atoms with Crippen LogP contribution in [0.25, 0.3) is 22.0 Å². The predicted octanol–water partition coefficient (Wildman–Crippen LogP) is 5.40. The summed E-state index contributed by atoms with van der Waals surface area (Å²) in [5.41, 5.74) is 11.6. The van der Waals surface area contributed by atoms with E-state index >= 15 is 0 Å². The fourth-order valence-electron chi connectivity index (χ4n) is 3.78. The number of fused-ring (bicyclic) bond motifs is 1. The average molecular weight is 393 g/mol. The first-order chi connectivity index (χ1) is 13.7. The number of aromatic nitrogens is 1. The van der Waals surface area contributed by atoms with E-state index in [0.29, 0.717) is 11.7 Å². The van der Waals surface area contributed by atoms with Crippen LogP contribution in [0.1, 0.15) is 39.0 Å². The summed E-state index contributed by atoms with van der Waals surface area (Å²) in [7, 11) is 3.33. The van der Waals surface area contributed by atoms with E-state index in [1.165, 1.54) is 0 Å². The zero-order valence-electron chi connectivity index (χ0n) is 18.4. The minimum atomic E-state index is -0.349. The molecule has 0 atom stereocenters. The molecule has 1 aromatic heterocycles. The Hall–Kier alpha value is -2.59. The van der Waals surface area contributed by atoms with Crippen LogP contribution in [0.5, 0.6) is 11.5 Å². The fourth-order valence-corrected chi connectivity index (χ4v) is 3.78. The first-order valence-corrected chi connectivity index (χ1v) is 10.1. The van der Waals surface area contributed by atoms with Crippen LogP contribution in [-0.2, 0) is 12.8 Å². The van der Waals surface area contributed by atoms with Crippen molar-refractivity contribution in [2.24, 2.45) is 11.7 Å². The Balaban J connectivity index is 2.32. The Labute approximate surface area is 174 Å². The molecule has 0 fully saturated rings. The second-order valence-corrected chi connectivity index (χ2v) is 8.81. The van der Waals surface area contributed by atoms with Crippen molar-refractivity contribution >= 4 is 10.9 Å². The highest BCUT2D eigenvalue weighted by molar-refractivity contribution is 5.96. The molecule has 0 aliphatic rings. The van der Waals surface area contributed by atoms with Crippen molar-refractivity contribution in [3.8, 4) is 22.6 Å². The monoisotopic (exact) mass is 392 g/mol. The van der Waals surface area contributed by atoms with Gasteiger partial charge < -0.3 is 15.2 Å².